The summed E-state index contributed by atoms with van der Waals surface area (Å²) >= 11 is 0. The maximum absolute atomic E-state index is 8.27. The van der Waals surface area contributed by atoms with Gasteiger partial charge in [-0.2, -0.15) is 0 Å². The average Bonchev–Trinajstić information content (AvgIpc) is 2.37. The Morgan fingerprint density at radius 1 is 1.78 bits per heavy atom. The van der Waals surface area contributed by atoms with Crippen LogP contribution in [-0.2, 0) is 0 Å². The van der Waals surface area contributed by atoms with Gasteiger partial charge >= 0.3 is 0 Å². The number of aromatic amines is 1. The molecule has 0 aliphatic carbocycles. The Bertz CT molecular complexity index is 201. The van der Waals surface area contributed by atoms with Gasteiger partial charge < -0.3 is 10.2 Å². The minimum absolute atomic E-state index is 0.597. The van der Waals surface area contributed by atoms with Crippen LogP contribution < -0.4 is 0 Å². The highest BCUT2D eigenvalue weighted by Gasteiger charge is 1.94. The van der Waals surface area contributed by atoms with Crippen LogP contribution in [0.5, 0.6) is 0 Å². The molecule has 3 nitrogen and oxygen atoms in total. The van der Waals surface area contributed by atoms with Crippen LogP contribution >= 0.6 is 0 Å². The van der Waals surface area contributed by atoms with E-state index >= 15 is 0 Å². The van der Waals surface area contributed by atoms with Gasteiger partial charge in [0, 0.05) is 6.20 Å². The third-order valence-electron chi connectivity index (χ3n) is 1.14. The lowest BCUT2D eigenvalue weighted by Gasteiger charge is -1.88. The van der Waals surface area contributed by atoms with Crippen LogP contribution in [0.4, 0.5) is 0 Å². The molecule has 0 saturated carbocycles. The van der Waals surface area contributed by atoms with E-state index in [9.17, 15) is 0 Å². The van der Waals surface area contributed by atoms with E-state index < -0.39 is 0 Å². The van der Waals surface area contributed by atoms with Crippen molar-refractivity contribution < 1.29 is 5.21 Å². The fourth-order valence-electron chi connectivity index (χ4n) is 0.609. The van der Waals surface area contributed by atoms with E-state index in [0.29, 0.717) is 5.71 Å². The van der Waals surface area contributed by atoms with Crippen molar-refractivity contribution in [1.82, 2.24) is 4.98 Å². The highest BCUT2D eigenvalue weighted by atomic mass is 16.4. The van der Waals surface area contributed by atoms with E-state index in [-0.39, 0.29) is 0 Å². The van der Waals surface area contributed by atoms with Gasteiger partial charge in [-0.05, 0) is 19.1 Å². The van der Waals surface area contributed by atoms with Crippen molar-refractivity contribution in [3.05, 3.63) is 24.0 Å². The third kappa shape index (κ3) is 1.10. The quantitative estimate of drug-likeness (QED) is 0.330. The predicted octanol–water partition coefficient (Wildman–Crippen LogP) is 1.21. The Hall–Kier alpha value is -1.25. The molecule has 1 heterocycles. The van der Waals surface area contributed by atoms with Crippen molar-refractivity contribution in [3.8, 4) is 0 Å². The van der Waals surface area contributed by atoms with Gasteiger partial charge in [0.25, 0.3) is 0 Å². The molecule has 0 unspecified atom stereocenters. The summed E-state index contributed by atoms with van der Waals surface area (Å²) in [6.07, 6.45) is 1.78. The molecule has 0 bridgehead atoms. The summed E-state index contributed by atoms with van der Waals surface area (Å²) < 4.78 is 0. The fourth-order valence-corrected chi connectivity index (χ4v) is 0.609. The molecule has 1 aromatic rings. The Morgan fingerprint density at radius 2 is 2.56 bits per heavy atom. The first-order chi connectivity index (χ1) is 4.34. The first-order valence-corrected chi connectivity index (χ1v) is 2.67. The molecule has 0 aliphatic heterocycles. The molecule has 2 N–H and O–H groups in total. The zero-order chi connectivity index (χ0) is 6.69. The van der Waals surface area contributed by atoms with Crippen molar-refractivity contribution in [2.75, 3.05) is 0 Å². The lowest BCUT2D eigenvalue weighted by Crippen LogP contribution is -1.92. The van der Waals surface area contributed by atoms with Crippen molar-refractivity contribution in [2.24, 2.45) is 5.16 Å². The second-order valence-corrected chi connectivity index (χ2v) is 1.77. The van der Waals surface area contributed by atoms with Gasteiger partial charge in [0.05, 0.1) is 11.4 Å². The van der Waals surface area contributed by atoms with E-state index in [0.717, 1.165) is 5.69 Å². The van der Waals surface area contributed by atoms with Crippen molar-refractivity contribution in [1.29, 1.82) is 0 Å². The largest absolute Gasteiger partial charge is 0.411 e. The van der Waals surface area contributed by atoms with E-state index in [2.05, 4.69) is 10.1 Å². The Balaban J connectivity index is 2.90. The molecule has 0 amide bonds. The van der Waals surface area contributed by atoms with Crippen LogP contribution in [0.25, 0.3) is 0 Å². The molecule has 0 fully saturated rings. The average molecular weight is 124 g/mol. The highest BCUT2D eigenvalue weighted by molar-refractivity contribution is 5.96. The van der Waals surface area contributed by atoms with Crippen molar-refractivity contribution in [2.45, 2.75) is 6.92 Å². The SMILES string of the molecule is C/C(=N\O)c1ccc[nH]1. The van der Waals surface area contributed by atoms with Crippen molar-refractivity contribution >= 4 is 5.71 Å². The van der Waals surface area contributed by atoms with Crippen LogP contribution in [0.2, 0.25) is 0 Å². The van der Waals surface area contributed by atoms with Gasteiger partial charge in [-0.1, -0.05) is 5.16 Å². The van der Waals surface area contributed by atoms with E-state index in [1.54, 1.807) is 13.1 Å². The van der Waals surface area contributed by atoms with Crippen LogP contribution in [0.1, 0.15) is 12.6 Å². The topological polar surface area (TPSA) is 48.4 Å². The van der Waals surface area contributed by atoms with Crippen LogP contribution in [0, 0.1) is 0 Å². The van der Waals surface area contributed by atoms with Gasteiger partial charge in [-0.15, -0.1) is 0 Å². The van der Waals surface area contributed by atoms with E-state index in [1.165, 1.54) is 0 Å². The normalized spacial score (nSPS) is 11.9. The first-order valence-electron chi connectivity index (χ1n) is 2.67. The van der Waals surface area contributed by atoms with E-state index in [1.807, 2.05) is 12.1 Å². The van der Waals surface area contributed by atoms with Crippen LogP contribution in [0.15, 0.2) is 23.5 Å². The summed E-state index contributed by atoms with van der Waals surface area (Å²) in [5.41, 5.74) is 1.44. The van der Waals surface area contributed by atoms with E-state index in [4.69, 9.17) is 5.21 Å². The predicted molar refractivity (Wildman–Crippen MR) is 34.8 cm³/mol. The Labute approximate surface area is 53.0 Å². The van der Waals surface area contributed by atoms with Gasteiger partial charge in [-0.25, -0.2) is 0 Å². The summed E-state index contributed by atoms with van der Waals surface area (Å²) in [6.45, 7) is 1.73. The molecule has 1 rings (SSSR count). The number of hydrogen-bond donors (Lipinski definition) is 2. The van der Waals surface area contributed by atoms with Gasteiger partial charge in [0.15, 0.2) is 0 Å². The minimum Gasteiger partial charge on any atom is -0.411 e. The maximum atomic E-state index is 8.27. The second kappa shape index (κ2) is 2.35. The lowest BCUT2D eigenvalue weighted by molar-refractivity contribution is 0.319. The van der Waals surface area contributed by atoms with Gasteiger partial charge in [-0.3, -0.25) is 0 Å². The summed E-state index contributed by atoms with van der Waals surface area (Å²) in [5, 5.41) is 11.3. The summed E-state index contributed by atoms with van der Waals surface area (Å²) in [7, 11) is 0. The number of nitrogens with one attached hydrogen (secondary N) is 1. The summed E-state index contributed by atoms with van der Waals surface area (Å²) in [5.74, 6) is 0. The van der Waals surface area contributed by atoms with Crippen LogP contribution in [0.3, 0.4) is 0 Å². The second-order valence-electron chi connectivity index (χ2n) is 1.77. The first kappa shape index (κ1) is 5.88. The molecule has 0 spiro atoms. The van der Waals surface area contributed by atoms with Gasteiger partial charge in [0.1, 0.15) is 0 Å². The zero-order valence-electron chi connectivity index (χ0n) is 5.13. The molecule has 1 aromatic heterocycles. The molecule has 9 heavy (non-hydrogen) atoms. The number of oxime groups is 1. The monoisotopic (exact) mass is 124 g/mol. The molecular formula is C6H8N2O. The summed E-state index contributed by atoms with van der Waals surface area (Å²) in [6, 6.07) is 3.69. The van der Waals surface area contributed by atoms with Crippen LogP contribution in [-0.4, -0.2) is 15.9 Å². The number of nitrogens with zero attached hydrogens (tertiary/aromatic N) is 1. The third-order valence-corrected chi connectivity index (χ3v) is 1.14. The Morgan fingerprint density at radius 3 is 3.00 bits per heavy atom. The maximum Gasteiger partial charge on any atom is 0.0998 e. The smallest absolute Gasteiger partial charge is 0.0998 e. The lowest BCUT2D eigenvalue weighted by atomic mass is 10.3. The zero-order valence-corrected chi connectivity index (χ0v) is 5.13. The molecule has 48 valence electrons. The molecule has 0 atom stereocenters. The molecule has 3 heteroatoms. The molecule has 0 aromatic carbocycles. The molecule has 0 saturated heterocycles. The number of aromatic nitrogens is 1. The minimum atomic E-state index is 0.597. The number of rotatable bonds is 1. The summed E-state index contributed by atoms with van der Waals surface area (Å²) in [4.78, 5) is 2.90. The number of hydrogen-bond acceptors (Lipinski definition) is 2. The van der Waals surface area contributed by atoms with Gasteiger partial charge in [0.2, 0.25) is 0 Å². The molecule has 0 radical (unpaired) electrons. The number of H-pyrrole nitrogens is 1. The standard InChI is InChI=1S/C6H8N2O/c1-5(8-9)6-3-2-4-7-6/h2-4,7,9H,1H3/b8-5+. The van der Waals surface area contributed by atoms with Crippen molar-refractivity contribution in [3.63, 3.8) is 0 Å². The fraction of sp³-hybridized carbons (Fsp3) is 0.167. The molecular weight excluding hydrogens is 116 g/mol. The molecule has 0 aliphatic rings. The highest BCUT2D eigenvalue weighted by Crippen LogP contribution is 1.95. The Kier molecular flexibility index (Phi) is 1.53.